The van der Waals surface area contributed by atoms with Crippen molar-refractivity contribution in [2.45, 2.75) is 31.7 Å². The van der Waals surface area contributed by atoms with E-state index in [0.29, 0.717) is 42.3 Å². The molecule has 3 rings (SSSR count). The highest BCUT2D eigenvalue weighted by Crippen LogP contribution is 2.22. The molecule has 1 aliphatic rings. The predicted molar refractivity (Wildman–Crippen MR) is 131 cm³/mol. The molecule has 184 valence electrons. The molecule has 1 atom stereocenters. The zero-order chi connectivity index (χ0) is 24.9. The first-order valence-corrected chi connectivity index (χ1v) is 12.7. The van der Waals surface area contributed by atoms with Crippen LogP contribution in [0.5, 0.6) is 5.75 Å². The number of nitrogens with zero attached hydrogens (tertiary/aromatic N) is 2. The summed E-state index contributed by atoms with van der Waals surface area (Å²) in [6, 6.07) is 10.1. The van der Waals surface area contributed by atoms with Crippen LogP contribution in [0.4, 0.5) is 5.69 Å². The lowest BCUT2D eigenvalue weighted by Crippen LogP contribution is -2.47. The van der Waals surface area contributed by atoms with Crippen molar-refractivity contribution in [3.05, 3.63) is 53.6 Å². The van der Waals surface area contributed by atoms with Crippen LogP contribution in [-0.2, 0) is 14.8 Å². The number of likely N-dealkylation sites (N-methyl/N-ethyl adjacent to an activating group) is 1. The van der Waals surface area contributed by atoms with Gasteiger partial charge in [-0.05, 0) is 75.8 Å². The Labute approximate surface area is 201 Å². The summed E-state index contributed by atoms with van der Waals surface area (Å²) in [5.41, 5.74) is 1.71. The van der Waals surface area contributed by atoms with Gasteiger partial charge in [0, 0.05) is 37.4 Å². The topological polar surface area (TPSA) is 108 Å². The molecule has 2 aromatic carbocycles. The Morgan fingerprint density at radius 3 is 2.29 bits per heavy atom. The fraction of sp³-hybridized carbons (Fsp3) is 0.417. The summed E-state index contributed by atoms with van der Waals surface area (Å²) >= 11 is 0. The van der Waals surface area contributed by atoms with Crippen LogP contribution in [0, 0.1) is 6.92 Å². The molecule has 0 unspecified atom stereocenters. The van der Waals surface area contributed by atoms with Crippen molar-refractivity contribution in [3.8, 4) is 5.75 Å². The molecule has 34 heavy (non-hydrogen) atoms. The van der Waals surface area contributed by atoms with E-state index < -0.39 is 22.0 Å². The van der Waals surface area contributed by atoms with E-state index in [0.717, 1.165) is 13.1 Å². The summed E-state index contributed by atoms with van der Waals surface area (Å²) < 4.78 is 33.3. The highest BCUT2D eigenvalue weighted by molar-refractivity contribution is 7.89. The number of nitrogens with one attached hydrogen (secondary N) is 2. The first kappa shape index (κ1) is 25.7. The minimum absolute atomic E-state index is 0.0437. The van der Waals surface area contributed by atoms with Crippen LogP contribution in [0.1, 0.15) is 29.8 Å². The predicted octanol–water partition coefficient (Wildman–Crippen LogP) is 2.09. The van der Waals surface area contributed by atoms with Crippen LogP contribution in [0.2, 0.25) is 0 Å². The third kappa shape index (κ3) is 6.34. The molecule has 1 aliphatic heterocycles. The van der Waals surface area contributed by atoms with Gasteiger partial charge in [0.05, 0.1) is 17.5 Å². The van der Waals surface area contributed by atoms with E-state index in [1.54, 1.807) is 37.3 Å². The van der Waals surface area contributed by atoms with Gasteiger partial charge >= 0.3 is 0 Å². The fourth-order valence-electron chi connectivity index (χ4n) is 3.60. The number of amides is 2. The molecule has 1 fully saturated rings. The third-order valence-electron chi connectivity index (χ3n) is 5.67. The maximum atomic E-state index is 12.7. The molecule has 2 N–H and O–H groups in total. The maximum absolute atomic E-state index is 12.7. The van der Waals surface area contributed by atoms with Gasteiger partial charge < -0.3 is 19.9 Å². The average Bonchev–Trinajstić information content (AvgIpc) is 2.80. The van der Waals surface area contributed by atoms with Gasteiger partial charge in [0.2, 0.25) is 15.9 Å². The van der Waals surface area contributed by atoms with Crippen LogP contribution in [0.15, 0.2) is 47.4 Å². The van der Waals surface area contributed by atoms with Gasteiger partial charge in [0.15, 0.2) is 0 Å². The highest BCUT2D eigenvalue weighted by atomic mass is 32.2. The second-order valence-electron chi connectivity index (χ2n) is 8.37. The molecule has 0 radical (unpaired) electrons. The highest BCUT2D eigenvalue weighted by Gasteiger charge is 2.23. The lowest BCUT2D eigenvalue weighted by Gasteiger charge is -2.32. The van der Waals surface area contributed by atoms with Crippen LogP contribution >= 0.6 is 0 Å². The Balaban J connectivity index is 1.59. The first-order chi connectivity index (χ1) is 16.1. The number of anilines is 1. The van der Waals surface area contributed by atoms with Crippen molar-refractivity contribution < 1.29 is 22.7 Å². The molecule has 0 saturated carbocycles. The summed E-state index contributed by atoms with van der Waals surface area (Å²) in [5, 5.41) is 2.69. The minimum Gasteiger partial charge on any atom is -0.494 e. The second-order valence-corrected chi connectivity index (χ2v) is 10.1. The average molecular weight is 489 g/mol. The Morgan fingerprint density at radius 1 is 1.06 bits per heavy atom. The summed E-state index contributed by atoms with van der Waals surface area (Å²) in [4.78, 5) is 29.3. The molecular formula is C24H32N4O5S. The molecule has 9 nitrogen and oxygen atoms in total. The van der Waals surface area contributed by atoms with E-state index in [2.05, 4.69) is 14.9 Å². The van der Waals surface area contributed by atoms with Gasteiger partial charge in [0.1, 0.15) is 5.75 Å². The number of carbonyl (C=O) groups excluding carboxylic acids is 2. The SMILES string of the molecule is CCOc1ccc(S(=O)(=O)N[C@@H](C)C(=O)Nc2ccc(C(=O)N3CCN(C)CC3)cc2)cc1C. The van der Waals surface area contributed by atoms with Crippen molar-refractivity contribution in [1.29, 1.82) is 0 Å². The Morgan fingerprint density at radius 2 is 1.71 bits per heavy atom. The first-order valence-electron chi connectivity index (χ1n) is 11.2. The lowest BCUT2D eigenvalue weighted by molar-refractivity contribution is -0.117. The van der Waals surface area contributed by atoms with Gasteiger partial charge in [-0.2, -0.15) is 4.72 Å². The number of aryl methyl sites for hydroxylation is 1. The Bertz CT molecular complexity index is 1130. The number of rotatable bonds is 8. The molecule has 2 amide bonds. The molecule has 2 aromatic rings. The molecule has 0 aromatic heterocycles. The normalized spacial score (nSPS) is 15.6. The summed E-state index contributed by atoms with van der Waals surface area (Å²) in [6.45, 7) is 8.60. The van der Waals surface area contributed by atoms with Crippen molar-refractivity contribution in [2.24, 2.45) is 0 Å². The third-order valence-corrected chi connectivity index (χ3v) is 7.21. The summed E-state index contributed by atoms with van der Waals surface area (Å²) in [7, 11) is -1.88. The zero-order valence-corrected chi connectivity index (χ0v) is 20.8. The van der Waals surface area contributed by atoms with Crippen molar-refractivity contribution >= 4 is 27.5 Å². The monoisotopic (exact) mass is 488 g/mol. The summed E-state index contributed by atoms with van der Waals surface area (Å²) in [5.74, 6) is 0.0592. The zero-order valence-electron chi connectivity index (χ0n) is 20.0. The van der Waals surface area contributed by atoms with Gasteiger partial charge in [0.25, 0.3) is 5.91 Å². The molecular weight excluding hydrogens is 456 g/mol. The Hall–Kier alpha value is -2.95. The van der Waals surface area contributed by atoms with Gasteiger partial charge in [-0.15, -0.1) is 0 Å². The van der Waals surface area contributed by atoms with Crippen LogP contribution < -0.4 is 14.8 Å². The number of ether oxygens (including phenoxy) is 1. The lowest BCUT2D eigenvalue weighted by atomic mass is 10.1. The van der Waals surface area contributed by atoms with E-state index in [1.165, 1.54) is 19.1 Å². The summed E-state index contributed by atoms with van der Waals surface area (Å²) in [6.07, 6.45) is 0. The number of hydrogen-bond acceptors (Lipinski definition) is 6. The second kappa shape index (κ2) is 11.0. The number of benzene rings is 2. The fourth-order valence-corrected chi connectivity index (χ4v) is 4.89. The molecule has 0 spiro atoms. The number of piperazine rings is 1. The van der Waals surface area contributed by atoms with E-state index in [-0.39, 0.29) is 10.8 Å². The maximum Gasteiger partial charge on any atom is 0.253 e. The molecule has 1 heterocycles. The van der Waals surface area contributed by atoms with Gasteiger partial charge in [-0.3, -0.25) is 9.59 Å². The smallest absolute Gasteiger partial charge is 0.253 e. The number of carbonyl (C=O) groups is 2. The Kier molecular flexibility index (Phi) is 8.29. The number of hydrogen-bond donors (Lipinski definition) is 2. The van der Waals surface area contributed by atoms with E-state index >= 15 is 0 Å². The van der Waals surface area contributed by atoms with Gasteiger partial charge in [-0.25, -0.2) is 8.42 Å². The van der Waals surface area contributed by atoms with E-state index in [4.69, 9.17) is 4.74 Å². The van der Waals surface area contributed by atoms with E-state index in [9.17, 15) is 18.0 Å². The van der Waals surface area contributed by atoms with Crippen LogP contribution in [0.3, 0.4) is 0 Å². The van der Waals surface area contributed by atoms with Gasteiger partial charge in [-0.1, -0.05) is 0 Å². The molecule has 1 saturated heterocycles. The molecule has 10 heteroatoms. The van der Waals surface area contributed by atoms with Crippen LogP contribution in [0.25, 0.3) is 0 Å². The van der Waals surface area contributed by atoms with Crippen molar-refractivity contribution in [3.63, 3.8) is 0 Å². The molecule has 0 bridgehead atoms. The van der Waals surface area contributed by atoms with Crippen LogP contribution in [-0.4, -0.2) is 75.9 Å². The number of sulfonamides is 1. The minimum atomic E-state index is -3.91. The van der Waals surface area contributed by atoms with E-state index in [1.807, 2.05) is 18.9 Å². The quantitative estimate of drug-likeness (QED) is 0.589. The standard InChI is InChI=1S/C24H32N4O5S/c1-5-33-22-11-10-21(16-17(22)2)34(31,32)26-18(3)23(29)25-20-8-6-19(7-9-20)24(30)28-14-12-27(4)13-15-28/h6-11,16,18,26H,5,12-15H2,1-4H3,(H,25,29)/t18-/m0/s1. The van der Waals surface area contributed by atoms with Crippen molar-refractivity contribution in [2.75, 3.05) is 45.2 Å². The van der Waals surface area contributed by atoms with Crippen molar-refractivity contribution in [1.82, 2.24) is 14.5 Å². The molecule has 0 aliphatic carbocycles. The largest absolute Gasteiger partial charge is 0.494 e.